The van der Waals surface area contributed by atoms with Gasteiger partial charge in [-0.3, -0.25) is 9.55 Å². The second kappa shape index (κ2) is 16.8. The molecule has 0 aliphatic rings. The molecule has 8 rings (SSSR count). The topological polar surface area (TPSA) is 50.9 Å². The van der Waals surface area contributed by atoms with Crippen LogP contribution in [-0.2, 0) is 26.5 Å². The number of hydrogen-bond donors (Lipinski definition) is 1. The molecular weight excluding hydrogens is 914 g/mol. The fourth-order valence-electron chi connectivity index (χ4n) is 7.77. The Morgan fingerprint density at radius 3 is 2.23 bits per heavy atom. The fourth-order valence-corrected chi connectivity index (χ4v) is 7.77. The number of phenols is 1. The van der Waals surface area contributed by atoms with Gasteiger partial charge in [-0.15, -0.1) is 29.3 Å². The number of hydrogen-bond acceptors (Lipinski definition) is 3. The molecule has 1 N–H and O–H groups in total. The molecule has 4 nitrogen and oxygen atoms in total. The Kier molecular flexibility index (Phi) is 8.31. The van der Waals surface area contributed by atoms with Crippen LogP contribution in [0.3, 0.4) is 0 Å². The number of benzene rings is 6. The number of aromatic hydroxyl groups is 1. The number of pyridine rings is 1. The van der Waals surface area contributed by atoms with Gasteiger partial charge in [0.2, 0.25) is 0 Å². The molecule has 8 aromatic rings. The molecule has 0 atom stereocenters. The third-order valence-electron chi connectivity index (χ3n) is 10.8. The molecular formula is C55H54N3OPt-. The summed E-state index contributed by atoms with van der Waals surface area (Å²) in [6.07, 6.45) is -0.573. The van der Waals surface area contributed by atoms with Crippen LogP contribution in [0, 0.1) is 26.8 Å². The zero-order valence-corrected chi connectivity index (χ0v) is 37.5. The van der Waals surface area contributed by atoms with Crippen molar-refractivity contribution in [1.29, 1.82) is 0 Å². The van der Waals surface area contributed by atoms with Gasteiger partial charge in [0.15, 0.2) is 0 Å². The summed E-state index contributed by atoms with van der Waals surface area (Å²) in [6.45, 7) is 14.8. The zero-order valence-electron chi connectivity index (χ0n) is 47.2. The van der Waals surface area contributed by atoms with Crippen molar-refractivity contribution < 1.29 is 42.6 Å². The van der Waals surface area contributed by atoms with E-state index in [1.54, 1.807) is 35.8 Å². The minimum absolute atomic E-state index is 0. The molecule has 0 saturated heterocycles. The Balaban J connectivity index is 0.00000760. The Labute approximate surface area is 387 Å². The third kappa shape index (κ3) is 8.03. The van der Waals surface area contributed by atoms with E-state index in [1.807, 2.05) is 96.1 Å². The standard InChI is InChI=1S/C55H54N3O.Pt/c1-33(2)44-18-14-19-45(34(3)4)51(44)40-22-23-49(36(6)28-40)58-50-21-15-20-46(52(50)57-54(58)47-27-35(5)26-37(7)53(47)59)41-29-42(31-43(30-41)55(8,9)10)48-32-39(24-25-56-48)38-16-12-11-13-17-38;/h11-28,30-34,59H,1-10H3;/q-1;/i6D3,11D,12D,13D,16D,17D,24D,25D,32D,33D;. The van der Waals surface area contributed by atoms with Crippen molar-refractivity contribution >= 4 is 11.0 Å². The summed E-state index contributed by atoms with van der Waals surface area (Å²) in [5.74, 6) is -0.720. The second-order valence-electron chi connectivity index (χ2n) is 16.7. The van der Waals surface area contributed by atoms with Crippen molar-refractivity contribution in [3.8, 4) is 67.5 Å². The molecule has 6 aromatic carbocycles. The van der Waals surface area contributed by atoms with Crippen LogP contribution in [0.2, 0.25) is 0 Å². The minimum Gasteiger partial charge on any atom is -0.507 e. The molecule has 2 aromatic heterocycles. The SMILES string of the molecule is [2H]c1nc(-c2[c-]c(-c3cccc4c3nc(-c3cc(C)cc(C)c3O)n4-c3ccc(-c4c(C(C)C)cccc4C([2H])(C)C)cc3C([2H])([2H])[2H])cc(C(C)(C)C)c2)c([2H])c(-c2c([2H])c([2H])c([2H])c([2H])c2[2H])c1[2H].[Pt]. The van der Waals surface area contributed by atoms with Gasteiger partial charge in [-0.25, -0.2) is 4.98 Å². The summed E-state index contributed by atoms with van der Waals surface area (Å²) in [5, 5.41) is 11.8. The van der Waals surface area contributed by atoms with Gasteiger partial charge in [0.05, 0.1) is 33.3 Å². The molecule has 0 spiro atoms. The van der Waals surface area contributed by atoms with Crippen LogP contribution >= 0.6 is 0 Å². The Morgan fingerprint density at radius 2 is 1.52 bits per heavy atom. The first-order valence-corrected chi connectivity index (χ1v) is 19.8. The molecule has 60 heavy (non-hydrogen) atoms. The van der Waals surface area contributed by atoms with E-state index < -0.39 is 66.6 Å². The van der Waals surface area contributed by atoms with Crippen molar-refractivity contribution in [3.63, 3.8) is 0 Å². The van der Waals surface area contributed by atoms with E-state index in [9.17, 15) is 6.48 Å². The molecule has 5 heteroatoms. The average molecular weight is 980 g/mol. The quantitative estimate of drug-likeness (QED) is 0.154. The number of imidazole rings is 1. The number of fused-ring (bicyclic) bond motifs is 1. The molecule has 0 amide bonds. The molecule has 0 saturated carbocycles. The molecule has 2 heterocycles. The Morgan fingerprint density at radius 1 is 0.783 bits per heavy atom. The first-order chi connectivity index (χ1) is 33.0. The van der Waals surface area contributed by atoms with E-state index in [2.05, 4.69) is 24.9 Å². The maximum Gasteiger partial charge on any atom is 0.148 e. The number of rotatable bonds is 8. The van der Waals surface area contributed by atoms with Gasteiger partial charge in [-0.05, 0) is 118 Å². The van der Waals surface area contributed by atoms with Gasteiger partial charge in [-0.1, -0.05) is 138 Å². The molecule has 0 unspecified atom stereocenters. The Hall–Kier alpha value is -5.57. The van der Waals surface area contributed by atoms with Crippen LogP contribution in [0.1, 0.15) is 110 Å². The van der Waals surface area contributed by atoms with E-state index in [-0.39, 0.29) is 66.5 Å². The van der Waals surface area contributed by atoms with Crippen molar-refractivity contribution in [3.05, 3.63) is 167 Å². The number of aromatic nitrogens is 3. The smallest absolute Gasteiger partial charge is 0.148 e. The van der Waals surface area contributed by atoms with Gasteiger partial charge < -0.3 is 5.11 Å². The van der Waals surface area contributed by atoms with Crippen LogP contribution in [0.25, 0.3) is 72.7 Å². The monoisotopic (exact) mass is 979 g/mol. The summed E-state index contributed by atoms with van der Waals surface area (Å²) in [7, 11) is 0. The van der Waals surface area contributed by atoms with E-state index in [1.165, 1.54) is 0 Å². The molecule has 0 fully saturated rings. The van der Waals surface area contributed by atoms with E-state index in [0.29, 0.717) is 44.5 Å². The summed E-state index contributed by atoms with van der Waals surface area (Å²) in [5.41, 5.74) is 6.86. The van der Waals surface area contributed by atoms with Crippen LogP contribution in [-0.4, -0.2) is 19.6 Å². The molecule has 0 bridgehead atoms. The predicted octanol–water partition coefficient (Wildman–Crippen LogP) is 14.7. The van der Waals surface area contributed by atoms with Gasteiger partial charge in [-0.2, -0.15) is 0 Å². The van der Waals surface area contributed by atoms with Crippen molar-refractivity contribution in [2.75, 3.05) is 0 Å². The van der Waals surface area contributed by atoms with Crippen molar-refractivity contribution in [2.45, 2.75) is 86.4 Å². The molecule has 306 valence electrons. The molecule has 0 aliphatic carbocycles. The van der Waals surface area contributed by atoms with Crippen LogP contribution in [0.5, 0.6) is 5.75 Å². The maximum absolute atomic E-state index is 11.8. The predicted molar refractivity (Wildman–Crippen MR) is 248 cm³/mol. The van der Waals surface area contributed by atoms with E-state index in [4.69, 9.17) is 20.1 Å². The van der Waals surface area contributed by atoms with Crippen LogP contribution in [0.4, 0.5) is 0 Å². The first kappa shape index (κ1) is 29.6. The summed E-state index contributed by atoms with van der Waals surface area (Å²) >= 11 is 0. The number of para-hydroxylation sites is 1. The van der Waals surface area contributed by atoms with Gasteiger partial charge in [0.1, 0.15) is 11.6 Å². The van der Waals surface area contributed by atoms with E-state index >= 15 is 0 Å². The average Bonchev–Trinajstić information content (AvgIpc) is 3.69. The third-order valence-corrected chi connectivity index (χ3v) is 10.8. The van der Waals surface area contributed by atoms with Crippen molar-refractivity contribution in [2.24, 2.45) is 0 Å². The maximum atomic E-state index is 11.8. The minimum atomic E-state index is -2.66. The zero-order chi connectivity index (χ0) is 52.1. The largest absolute Gasteiger partial charge is 0.507 e. The van der Waals surface area contributed by atoms with Gasteiger partial charge in [0.25, 0.3) is 0 Å². The summed E-state index contributed by atoms with van der Waals surface area (Å²) in [6, 6.07) is 23.2. The van der Waals surface area contributed by atoms with Crippen LogP contribution in [0.15, 0.2) is 127 Å². The van der Waals surface area contributed by atoms with Crippen LogP contribution < -0.4 is 0 Å². The fraction of sp³-hybridized carbons (Fsp3) is 0.236. The number of aryl methyl sites for hydroxylation is 3. The number of phenolic OH excluding ortho intramolecular Hbond substituents is 1. The van der Waals surface area contributed by atoms with E-state index in [0.717, 1.165) is 27.8 Å². The Bertz CT molecular complexity index is 3470. The van der Waals surface area contributed by atoms with Gasteiger partial charge >= 0.3 is 0 Å². The summed E-state index contributed by atoms with van der Waals surface area (Å²) in [4.78, 5) is 9.66. The summed E-state index contributed by atoms with van der Waals surface area (Å²) < 4.78 is 107. The van der Waals surface area contributed by atoms with Crippen molar-refractivity contribution in [1.82, 2.24) is 14.5 Å². The first-order valence-electron chi connectivity index (χ1n) is 25.8. The van der Waals surface area contributed by atoms with Gasteiger partial charge in [0, 0.05) is 38.4 Å². The normalized spacial score (nSPS) is 15.0. The second-order valence-corrected chi connectivity index (χ2v) is 16.7. The number of nitrogens with zero attached hydrogens (tertiary/aromatic N) is 3. The molecule has 0 radical (unpaired) electrons. The molecule has 0 aliphatic heterocycles.